The van der Waals surface area contributed by atoms with Gasteiger partial charge in [-0.3, -0.25) is 24.1 Å². The molecule has 8 heteroatoms. The summed E-state index contributed by atoms with van der Waals surface area (Å²) in [4.78, 5) is 57.5. The molecule has 3 saturated heterocycles. The highest BCUT2D eigenvalue weighted by atomic mass is 16.5. The molecule has 4 atom stereocenters. The molecule has 0 aromatic heterocycles. The number of fused-ring (bicyclic) bond motifs is 3. The lowest BCUT2D eigenvalue weighted by Gasteiger charge is -2.45. The summed E-state index contributed by atoms with van der Waals surface area (Å²) >= 11 is 0. The minimum Gasteiger partial charge on any atom is -0.466 e. The number of hydrogen-bond donors (Lipinski definition) is 1. The topological polar surface area (TPSA) is 96.0 Å². The summed E-state index contributed by atoms with van der Waals surface area (Å²) in [5, 5.41) is 2.86. The molecule has 5 rings (SSSR count). The number of nitrogens with zero attached hydrogens (tertiary/aromatic N) is 2. The van der Waals surface area contributed by atoms with Gasteiger partial charge in [-0.1, -0.05) is 47.5 Å². The normalized spacial score (nSPS) is 28.0. The van der Waals surface area contributed by atoms with E-state index >= 15 is 0 Å². The lowest BCUT2D eigenvalue weighted by Crippen LogP contribution is -2.67. The second-order valence-corrected chi connectivity index (χ2v) is 9.56. The van der Waals surface area contributed by atoms with Crippen molar-refractivity contribution in [3.63, 3.8) is 0 Å². The predicted molar refractivity (Wildman–Crippen MR) is 128 cm³/mol. The standard InChI is InChI=1S/C27H29N3O5/c1-4-35-20(31)15-27-22-21(24(32)30(25(22)33)19-11-7-17(3)8-12-19)23(18-9-5-16(2)6-10-18)29(27)14-13-28-26(27)34/h5-12,21-23H,4,13-15H2,1-3H3,(H,28,34)/t21-,22+,23-,27+/m1/s1. The Hall–Kier alpha value is -3.52. The number of carbonyl (C=O) groups is 4. The number of imide groups is 1. The van der Waals surface area contributed by atoms with Gasteiger partial charge in [0.25, 0.3) is 0 Å². The Morgan fingerprint density at radius 3 is 2.26 bits per heavy atom. The number of benzene rings is 2. The molecule has 0 radical (unpaired) electrons. The first-order valence-electron chi connectivity index (χ1n) is 12.0. The van der Waals surface area contributed by atoms with Gasteiger partial charge in [-0.25, -0.2) is 4.90 Å². The van der Waals surface area contributed by atoms with Crippen LogP contribution in [0.4, 0.5) is 5.69 Å². The number of piperazine rings is 1. The van der Waals surface area contributed by atoms with Crippen LogP contribution in [0.5, 0.6) is 0 Å². The Morgan fingerprint density at radius 1 is 1.00 bits per heavy atom. The van der Waals surface area contributed by atoms with Crippen LogP contribution in [-0.2, 0) is 23.9 Å². The molecule has 182 valence electrons. The van der Waals surface area contributed by atoms with E-state index in [1.807, 2.05) is 55.1 Å². The van der Waals surface area contributed by atoms with Crippen LogP contribution in [0, 0.1) is 25.7 Å². The maximum atomic E-state index is 14.0. The maximum Gasteiger partial charge on any atom is 0.308 e. The fraction of sp³-hybridized carbons (Fsp3) is 0.407. The molecule has 3 aliphatic rings. The minimum atomic E-state index is -1.50. The third-order valence-corrected chi connectivity index (χ3v) is 7.52. The zero-order chi connectivity index (χ0) is 24.9. The molecular weight excluding hydrogens is 446 g/mol. The maximum absolute atomic E-state index is 14.0. The van der Waals surface area contributed by atoms with Gasteiger partial charge < -0.3 is 10.1 Å². The number of anilines is 1. The van der Waals surface area contributed by atoms with Gasteiger partial charge in [-0.2, -0.15) is 0 Å². The van der Waals surface area contributed by atoms with Gasteiger partial charge in [0.2, 0.25) is 17.7 Å². The summed E-state index contributed by atoms with van der Waals surface area (Å²) in [5.74, 6) is -3.58. The first kappa shape index (κ1) is 23.2. The number of carbonyl (C=O) groups excluding carboxylic acids is 4. The Labute approximate surface area is 204 Å². The van der Waals surface area contributed by atoms with Crippen molar-refractivity contribution in [2.24, 2.45) is 11.8 Å². The van der Waals surface area contributed by atoms with E-state index in [1.54, 1.807) is 19.1 Å². The zero-order valence-corrected chi connectivity index (χ0v) is 20.1. The van der Waals surface area contributed by atoms with E-state index in [-0.39, 0.29) is 18.9 Å². The van der Waals surface area contributed by atoms with E-state index in [2.05, 4.69) is 5.32 Å². The lowest BCUT2D eigenvalue weighted by atomic mass is 9.76. The van der Waals surface area contributed by atoms with Crippen molar-refractivity contribution in [2.45, 2.75) is 38.8 Å². The molecular formula is C27H29N3O5. The van der Waals surface area contributed by atoms with Crippen molar-refractivity contribution < 1.29 is 23.9 Å². The van der Waals surface area contributed by atoms with Gasteiger partial charge in [-0.15, -0.1) is 0 Å². The Morgan fingerprint density at radius 2 is 1.63 bits per heavy atom. The highest BCUT2D eigenvalue weighted by molar-refractivity contribution is 6.24. The second-order valence-electron chi connectivity index (χ2n) is 9.56. The lowest BCUT2D eigenvalue weighted by molar-refractivity contribution is -0.156. The molecule has 0 spiro atoms. The number of amides is 3. The highest BCUT2D eigenvalue weighted by Crippen LogP contribution is 2.57. The number of esters is 1. The Bertz CT molecular complexity index is 1190. The fourth-order valence-electron chi connectivity index (χ4n) is 6.01. The molecule has 8 nitrogen and oxygen atoms in total. The summed E-state index contributed by atoms with van der Waals surface area (Å²) in [6, 6.07) is 14.4. The quantitative estimate of drug-likeness (QED) is 0.527. The predicted octanol–water partition coefficient (Wildman–Crippen LogP) is 2.29. The van der Waals surface area contributed by atoms with Crippen molar-refractivity contribution in [1.29, 1.82) is 0 Å². The van der Waals surface area contributed by atoms with E-state index in [4.69, 9.17) is 4.74 Å². The molecule has 3 aliphatic heterocycles. The number of aryl methyl sites for hydroxylation is 2. The van der Waals surface area contributed by atoms with Crippen LogP contribution in [0.2, 0.25) is 0 Å². The number of nitrogens with one attached hydrogen (secondary N) is 1. The van der Waals surface area contributed by atoms with Gasteiger partial charge in [0, 0.05) is 19.1 Å². The van der Waals surface area contributed by atoms with Crippen molar-refractivity contribution in [3.8, 4) is 0 Å². The van der Waals surface area contributed by atoms with E-state index in [0.29, 0.717) is 18.8 Å². The zero-order valence-electron chi connectivity index (χ0n) is 20.1. The highest BCUT2D eigenvalue weighted by Gasteiger charge is 2.73. The molecule has 0 unspecified atom stereocenters. The van der Waals surface area contributed by atoms with Crippen LogP contribution in [0.25, 0.3) is 0 Å². The molecule has 2 aromatic rings. The minimum absolute atomic E-state index is 0.161. The molecule has 3 amide bonds. The van der Waals surface area contributed by atoms with Crippen LogP contribution in [0.3, 0.4) is 0 Å². The third kappa shape index (κ3) is 3.46. The van der Waals surface area contributed by atoms with Crippen LogP contribution in [-0.4, -0.2) is 53.8 Å². The van der Waals surface area contributed by atoms with Crippen molar-refractivity contribution in [3.05, 3.63) is 65.2 Å². The van der Waals surface area contributed by atoms with Gasteiger partial charge in [-0.05, 0) is 38.5 Å². The summed E-state index contributed by atoms with van der Waals surface area (Å²) < 4.78 is 5.23. The average Bonchev–Trinajstić information content (AvgIpc) is 3.26. The molecule has 0 saturated carbocycles. The van der Waals surface area contributed by atoms with E-state index in [0.717, 1.165) is 16.7 Å². The molecule has 0 bridgehead atoms. The van der Waals surface area contributed by atoms with Crippen molar-refractivity contribution >= 4 is 29.4 Å². The van der Waals surface area contributed by atoms with Crippen LogP contribution >= 0.6 is 0 Å². The van der Waals surface area contributed by atoms with Gasteiger partial charge in [0.15, 0.2) is 0 Å². The first-order valence-corrected chi connectivity index (χ1v) is 12.0. The smallest absolute Gasteiger partial charge is 0.308 e. The van der Waals surface area contributed by atoms with Crippen molar-refractivity contribution in [2.75, 3.05) is 24.6 Å². The van der Waals surface area contributed by atoms with E-state index in [9.17, 15) is 19.2 Å². The van der Waals surface area contributed by atoms with Gasteiger partial charge >= 0.3 is 5.97 Å². The summed E-state index contributed by atoms with van der Waals surface area (Å²) in [5.41, 5.74) is 1.88. The average molecular weight is 476 g/mol. The molecule has 1 N–H and O–H groups in total. The summed E-state index contributed by atoms with van der Waals surface area (Å²) in [7, 11) is 0. The molecule has 0 aliphatic carbocycles. The second kappa shape index (κ2) is 8.61. The first-order chi connectivity index (χ1) is 16.8. The number of hydrogen-bond acceptors (Lipinski definition) is 6. The summed E-state index contributed by atoms with van der Waals surface area (Å²) in [6.45, 7) is 6.55. The molecule has 35 heavy (non-hydrogen) atoms. The number of ether oxygens (including phenoxy) is 1. The molecule has 3 fully saturated rings. The monoisotopic (exact) mass is 475 g/mol. The Kier molecular flexibility index (Phi) is 5.71. The number of rotatable bonds is 5. The van der Waals surface area contributed by atoms with Crippen LogP contribution < -0.4 is 10.2 Å². The molecule has 2 aromatic carbocycles. The Balaban J connectivity index is 1.69. The van der Waals surface area contributed by atoms with Gasteiger partial charge in [0.1, 0.15) is 5.54 Å². The van der Waals surface area contributed by atoms with Gasteiger partial charge in [0.05, 0.1) is 30.6 Å². The summed E-state index contributed by atoms with van der Waals surface area (Å²) in [6.07, 6.45) is -0.295. The van der Waals surface area contributed by atoms with Crippen LogP contribution in [0.1, 0.15) is 36.1 Å². The molecule has 3 heterocycles. The van der Waals surface area contributed by atoms with E-state index in [1.165, 1.54) is 4.90 Å². The fourth-order valence-corrected chi connectivity index (χ4v) is 6.01. The van der Waals surface area contributed by atoms with Crippen molar-refractivity contribution in [1.82, 2.24) is 10.2 Å². The third-order valence-electron chi connectivity index (χ3n) is 7.52. The van der Waals surface area contributed by atoms with E-state index < -0.39 is 41.2 Å². The largest absolute Gasteiger partial charge is 0.466 e. The van der Waals surface area contributed by atoms with Crippen LogP contribution in [0.15, 0.2) is 48.5 Å². The SMILES string of the molecule is CCOC(=O)C[C@]12C(=O)NCCN1[C@H](c1ccc(C)cc1)[C@@H]1C(=O)N(c3ccc(C)cc3)C(=O)[C@H]12.